The fourth-order valence-corrected chi connectivity index (χ4v) is 3.71. The topological polar surface area (TPSA) is 68.5 Å². The van der Waals surface area contributed by atoms with Crippen molar-refractivity contribution >= 4 is 28.5 Å². The Morgan fingerprint density at radius 2 is 2.17 bits per heavy atom. The zero-order chi connectivity index (χ0) is 16.2. The molecule has 1 saturated carbocycles. The summed E-state index contributed by atoms with van der Waals surface area (Å²) in [7, 11) is 2.02. The van der Waals surface area contributed by atoms with Gasteiger partial charge in [-0.25, -0.2) is 0 Å². The van der Waals surface area contributed by atoms with Gasteiger partial charge in [-0.2, -0.15) is 5.26 Å². The summed E-state index contributed by atoms with van der Waals surface area (Å²) in [5.74, 6) is 0.930. The van der Waals surface area contributed by atoms with Crippen LogP contribution >= 0.6 is 11.8 Å². The van der Waals surface area contributed by atoms with E-state index in [2.05, 4.69) is 21.3 Å². The number of anilines is 1. The van der Waals surface area contributed by atoms with Crippen molar-refractivity contribution in [2.45, 2.75) is 37.8 Å². The predicted molar refractivity (Wildman–Crippen MR) is 93.5 cm³/mol. The number of hydrogen-bond acceptors (Lipinski definition) is 4. The molecule has 1 atom stereocenters. The molecular formula is C17H20N4OS. The Bertz CT molecular complexity index is 646. The van der Waals surface area contributed by atoms with Crippen LogP contribution in [0.2, 0.25) is 0 Å². The van der Waals surface area contributed by atoms with Gasteiger partial charge in [0, 0.05) is 31.0 Å². The first kappa shape index (κ1) is 15.9. The standard InChI is InChI=1S/C17H20N4OS/c1-21-15(11-23-17(21)20-14-6-7-14)10-16(22)19-13-4-2-12(3-5-13)8-9-18/h2-5,14-15H,6-8,10-11H2,1H3,(H,19,22). The largest absolute Gasteiger partial charge is 0.350 e. The predicted octanol–water partition coefficient (Wildman–Crippen LogP) is 2.65. The van der Waals surface area contributed by atoms with Gasteiger partial charge in [0.2, 0.25) is 5.91 Å². The van der Waals surface area contributed by atoms with Crippen LogP contribution in [0, 0.1) is 11.3 Å². The molecule has 1 aliphatic heterocycles. The number of nitrogens with zero attached hydrogens (tertiary/aromatic N) is 3. The number of benzene rings is 1. The molecule has 1 N–H and O–H groups in total. The molecule has 1 amide bonds. The van der Waals surface area contributed by atoms with Crippen LogP contribution in [0.25, 0.3) is 0 Å². The number of hydrogen-bond donors (Lipinski definition) is 1. The molecule has 3 rings (SSSR count). The number of amides is 1. The lowest BCUT2D eigenvalue weighted by Crippen LogP contribution is -2.33. The Balaban J connectivity index is 1.52. The molecule has 1 aliphatic carbocycles. The van der Waals surface area contributed by atoms with Crippen LogP contribution in [0.4, 0.5) is 5.69 Å². The van der Waals surface area contributed by atoms with Gasteiger partial charge >= 0.3 is 0 Å². The van der Waals surface area contributed by atoms with Crippen molar-refractivity contribution in [1.29, 1.82) is 5.26 Å². The Hall–Kier alpha value is -2.00. The van der Waals surface area contributed by atoms with Crippen LogP contribution in [0.3, 0.4) is 0 Å². The first-order valence-electron chi connectivity index (χ1n) is 7.85. The van der Waals surface area contributed by atoms with E-state index in [1.54, 1.807) is 11.8 Å². The fourth-order valence-electron chi connectivity index (χ4n) is 2.45. The molecule has 1 saturated heterocycles. The van der Waals surface area contributed by atoms with Crippen LogP contribution < -0.4 is 5.32 Å². The summed E-state index contributed by atoms with van der Waals surface area (Å²) in [6, 6.07) is 10.3. The van der Waals surface area contributed by atoms with Crippen LogP contribution in [-0.2, 0) is 11.2 Å². The fraction of sp³-hybridized carbons (Fsp3) is 0.471. The molecule has 2 aliphatic rings. The second-order valence-corrected chi connectivity index (χ2v) is 6.99. The molecule has 23 heavy (non-hydrogen) atoms. The lowest BCUT2D eigenvalue weighted by molar-refractivity contribution is -0.116. The number of thioether (sulfide) groups is 1. The molecule has 1 heterocycles. The van der Waals surface area contributed by atoms with E-state index in [4.69, 9.17) is 5.26 Å². The molecule has 0 spiro atoms. The maximum atomic E-state index is 12.2. The van der Waals surface area contributed by atoms with Crippen molar-refractivity contribution in [2.75, 3.05) is 18.1 Å². The highest BCUT2D eigenvalue weighted by Gasteiger charge is 2.31. The summed E-state index contributed by atoms with van der Waals surface area (Å²) < 4.78 is 0. The minimum atomic E-state index is 0.0168. The van der Waals surface area contributed by atoms with Gasteiger partial charge in [-0.3, -0.25) is 9.79 Å². The van der Waals surface area contributed by atoms with Gasteiger partial charge in [0.1, 0.15) is 0 Å². The number of nitriles is 1. The summed E-state index contributed by atoms with van der Waals surface area (Å²) in [5, 5.41) is 12.7. The molecule has 2 fully saturated rings. The van der Waals surface area contributed by atoms with Crippen molar-refractivity contribution < 1.29 is 4.79 Å². The van der Waals surface area contributed by atoms with Crippen LogP contribution in [0.15, 0.2) is 29.3 Å². The average molecular weight is 328 g/mol. The molecule has 0 bridgehead atoms. The van der Waals surface area contributed by atoms with Gasteiger partial charge in [0.15, 0.2) is 5.17 Å². The van der Waals surface area contributed by atoms with Gasteiger partial charge < -0.3 is 10.2 Å². The maximum absolute atomic E-state index is 12.2. The first-order valence-corrected chi connectivity index (χ1v) is 8.83. The van der Waals surface area contributed by atoms with Gasteiger partial charge in [0.25, 0.3) is 0 Å². The van der Waals surface area contributed by atoms with Gasteiger partial charge in [-0.05, 0) is 30.5 Å². The van der Waals surface area contributed by atoms with Crippen LogP contribution in [0.5, 0.6) is 0 Å². The smallest absolute Gasteiger partial charge is 0.226 e. The third-order valence-corrected chi connectivity index (χ3v) is 5.24. The van der Waals surface area contributed by atoms with Gasteiger partial charge in [0.05, 0.1) is 18.5 Å². The van der Waals surface area contributed by atoms with Gasteiger partial charge in [-0.15, -0.1) is 0 Å². The maximum Gasteiger partial charge on any atom is 0.226 e. The molecule has 0 radical (unpaired) electrons. The first-order chi connectivity index (χ1) is 11.2. The number of carbonyl (C=O) groups is 1. The molecule has 6 heteroatoms. The second kappa shape index (κ2) is 7.05. The third kappa shape index (κ3) is 4.26. The van der Waals surface area contributed by atoms with E-state index in [0.29, 0.717) is 18.9 Å². The van der Waals surface area contributed by atoms with Crippen molar-refractivity contribution in [2.24, 2.45) is 4.99 Å². The monoisotopic (exact) mass is 328 g/mol. The van der Waals surface area contributed by atoms with Crippen molar-refractivity contribution in [1.82, 2.24) is 4.90 Å². The highest BCUT2D eigenvalue weighted by Crippen LogP contribution is 2.30. The molecule has 120 valence electrons. The summed E-state index contributed by atoms with van der Waals surface area (Å²) in [5.41, 5.74) is 1.73. The Labute approximate surface area is 140 Å². The Morgan fingerprint density at radius 3 is 2.83 bits per heavy atom. The minimum Gasteiger partial charge on any atom is -0.350 e. The zero-order valence-electron chi connectivity index (χ0n) is 13.2. The summed E-state index contributed by atoms with van der Waals surface area (Å²) in [6.45, 7) is 0. The number of carbonyl (C=O) groups excluding carboxylic acids is 1. The second-order valence-electron chi connectivity index (χ2n) is 6.00. The highest BCUT2D eigenvalue weighted by atomic mass is 32.2. The van der Waals surface area contributed by atoms with Crippen LogP contribution in [-0.4, -0.2) is 40.9 Å². The quantitative estimate of drug-likeness (QED) is 0.902. The van der Waals surface area contributed by atoms with Crippen LogP contribution in [0.1, 0.15) is 24.8 Å². The van der Waals surface area contributed by atoms with E-state index in [9.17, 15) is 4.79 Å². The summed E-state index contributed by atoms with van der Waals surface area (Å²) in [6.07, 6.45) is 3.25. The number of rotatable bonds is 5. The zero-order valence-corrected chi connectivity index (χ0v) is 14.0. The third-order valence-electron chi connectivity index (χ3n) is 4.04. The molecule has 5 nitrogen and oxygen atoms in total. The van der Waals surface area contributed by atoms with E-state index in [-0.39, 0.29) is 11.9 Å². The lowest BCUT2D eigenvalue weighted by Gasteiger charge is -2.20. The molecule has 0 aromatic heterocycles. The average Bonchev–Trinajstić information content (AvgIpc) is 3.29. The minimum absolute atomic E-state index is 0.0168. The normalized spacial score (nSPS) is 22.2. The van der Waals surface area contributed by atoms with E-state index >= 15 is 0 Å². The molecule has 1 aromatic carbocycles. The van der Waals surface area contributed by atoms with E-state index in [0.717, 1.165) is 22.2 Å². The number of nitrogens with one attached hydrogen (secondary N) is 1. The van der Waals surface area contributed by atoms with E-state index in [1.165, 1.54) is 12.8 Å². The van der Waals surface area contributed by atoms with E-state index in [1.807, 2.05) is 31.3 Å². The summed E-state index contributed by atoms with van der Waals surface area (Å²) >= 11 is 1.75. The summed E-state index contributed by atoms with van der Waals surface area (Å²) in [4.78, 5) is 19.0. The Morgan fingerprint density at radius 1 is 1.43 bits per heavy atom. The van der Waals surface area contributed by atoms with E-state index < -0.39 is 0 Å². The van der Waals surface area contributed by atoms with Crippen molar-refractivity contribution in [3.8, 4) is 6.07 Å². The number of amidine groups is 1. The van der Waals surface area contributed by atoms with Crippen molar-refractivity contribution in [3.05, 3.63) is 29.8 Å². The van der Waals surface area contributed by atoms with Gasteiger partial charge in [-0.1, -0.05) is 23.9 Å². The molecule has 1 aromatic rings. The SMILES string of the molecule is CN1C(=NC2CC2)SCC1CC(=O)Nc1ccc(CC#N)cc1. The number of aliphatic imine (C=N–C) groups is 1. The van der Waals surface area contributed by atoms with Crippen molar-refractivity contribution in [3.63, 3.8) is 0 Å². The molecular weight excluding hydrogens is 308 g/mol. The highest BCUT2D eigenvalue weighted by molar-refractivity contribution is 8.14. The Kier molecular flexibility index (Phi) is 4.87. The lowest BCUT2D eigenvalue weighted by atomic mass is 10.1. The molecule has 1 unspecified atom stereocenters.